The Hall–Kier alpha value is -1.00. The standard InChI is InChI=1S/C15H21NO2S/c17-12-13-5-4-9-16(11-13)15(18)8-10-19-14-6-2-1-3-7-14/h1-3,6-7,13,17H,4-5,8-12H2. The fourth-order valence-electron chi connectivity index (χ4n) is 2.37. The molecule has 1 saturated heterocycles. The van der Waals surface area contributed by atoms with Crippen LogP contribution < -0.4 is 0 Å². The maximum absolute atomic E-state index is 12.1. The lowest BCUT2D eigenvalue weighted by Gasteiger charge is -2.31. The minimum atomic E-state index is 0.197. The van der Waals surface area contributed by atoms with Gasteiger partial charge in [-0.3, -0.25) is 4.79 Å². The number of thioether (sulfide) groups is 1. The van der Waals surface area contributed by atoms with Gasteiger partial charge in [0.15, 0.2) is 0 Å². The number of likely N-dealkylation sites (tertiary alicyclic amines) is 1. The third kappa shape index (κ3) is 4.55. The van der Waals surface area contributed by atoms with Gasteiger partial charge >= 0.3 is 0 Å². The summed E-state index contributed by atoms with van der Waals surface area (Å²) in [7, 11) is 0. The molecule has 19 heavy (non-hydrogen) atoms. The van der Waals surface area contributed by atoms with Crippen LogP contribution in [0.4, 0.5) is 0 Å². The highest BCUT2D eigenvalue weighted by Crippen LogP contribution is 2.20. The van der Waals surface area contributed by atoms with E-state index in [1.54, 1.807) is 11.8 Å². The number of rotatable bonds is 5. The van der Waals surface area contributed by atoms with Crippen molar-refractivity contribution in [2.75, 3.05) is 25.4 Å². The van der Waals surface area contributed by atoms with Crippen molar-refractivity contribution in [3.63, 3.8) is 0 Å². The summed E-state index contributed by atoms with van der Waals surface area (Å²) >= 11 is 1.72. The molecule has 1 aromatic carbocycles. The second-order valence-electron chi connectivity index (χ2n) is 4.94. The van der Waals surface area contributed by atoms with Crippen LogP contribution in [-0.2, 0) is 4.79 Å². The molecule has 1 unspecified atom stereocenters. The summed E-state index contributed by atoms with van der Waals surface area (Å²) in [5.74, 6) is 1.32. The first kappa shape index (κ1) is 14.4. The Morgan fingerprint density at radius 1 is 1.37 bits per heavy atom. The molecule has 1 N–H and O–H groups in total. The van der Waals surface area contributed by atoms with Gasteiger partial charge in [-0.05, 0) is 30.9 Å². The van der Waals surface area contributed by atoms with Crippen LogP contribution in [0.1, 0.15) is 19.3 Å². The molecule has 3 nitrogen and oxygen atoms in total. The number of piperidine rings is 1. The Bertz CT molecular complexity index is 396. The van der Waals surface area contributed by atoms with Crippen LogP contribution in [0.2, 0.25) is 0 Å². The maximum Gasteiger partial charge on any atom is 0.223 e. The average molecular weight is 279 g/mol. The number of hydrogen-bond donors (Lipinski definition) is 1. The van der Waals surface area contributed by atoms with Crippen molar-refractivity contribution in [1.29, 1.82) is 0 Å². The van der Waals surface area contributed by atoms with Gasteiger partial charge in [-0.25, -0.2) is 0 Å². The summed E-state index contributed by atoms with van der Waals surface area (Å²) in [6.45, 7) is 1.78. The van der Waals surface area contributed by atoms with Gasteiger partial charge in [0, 0.05) is 36.8 Å². The molecule has 1 aromatic rings. The number of carbonyl (C=O) groups excluding carboxylic acids is 1. The van der Waals surface area contributed by atoms with Gasteiger partial charge in [-0.15, -0.1) is 11.8 Å². The number of amides is 1. The second-order valence-corrected chi connectivity index (χ2v) is 6.11. The number of aliphatic hydroxyl groups is 1. The lowest BCUT2D eigenvalue weighted by Crippen LogP contribution is -2.41. The summed E-state index contributed by atoms with van der Waals surface area (Å²) in [5, 5.41) is 9.17. The molecule has 104 valence electrons. The fourth-order valence-corrected chi connectivity index (χ4v) is 3.23. The fraction of sp³-hybridized carbons (Fsp3) is 0.533. The Balaban J connectivity index is 1.72. The highest BCUT2D eigenvalue weighted by atomic mass is 32.2. The monoisotopic (exact) mass is 279 g/mol. The predicted octanol–water partition coefficient (Wildman–Crippen LogP) is 2.40. The van der Waals surface area contributed by atoms with Crippen LogP contribution in [0.25, 0.3) is 0 Å². The van der Waals surface area contributed by atoms with Crippen LogP contribution in [0.3, 0.4) is 0 Å². The van der Waals surface area contributed by atoms with Gasteiger partial charge in [-0.1, -0.05) is 18.2 Å². The van der Waals surface area contributed by atoms with Crippen molar-refractivity contribution >= 4 is 17.7 Å². The van der Waals surface area contributed by atoms with Crippen LogP contribution in [0.15, 0.2) is 35.2 Å². The van der Waals surface area contributed by atoms with Crippen molar-refractivity contribution in [1.82, 2.24) is 4.90 Å². The SMILES string of the molecule is O=C(CCSc1ccccc1)N1CCCC(CO)C1. The summed E-state index contributed by atoms with van der Waals surface area (Å²) in [5.41, 5.74) is 0. The third-order valence-corrected chi connectivity index (χ3v) is 4.47. The Morgan fingerprint density at radius 3 is 2.89 bits per heavy atom. The van der Waals surface area contributed by atoms with Crippen LogP contribution in [0, 0.1) is 5.92 Å². The van der Waals surface area contributed by atoms with Gasteiger partial charge < -0.3 is 10.0 Å². The number of carbonyl (C=O) groups is 1. The summed E-state index contributed by atoms with van der Waals surface area (Å²) < 4.78 is 0. The topological polar surface area (TPSA) is 40.5 Å². The molecule has 1 fully saturated rings. The van der Waals surface area contributed by atoms with E-state index in [4.69, 9.17) is 0 Å². The van der Waals surface area contributed by atoms with E-state index in [0.29, 0.717) is 6.42 Å². The van der Waals surface area contributed by atoms with E-state index in [0.717, 1.165) is 31.7 Å². The lowest BCUT2D eigenvalue weighted by atomic mass is 9.99. The normalized spacial score (nSPS) is 19.4. The van der Waals surface area contributed by atoms with Crippen molar-refractivity contribution < 1.29 is 9.90 Å². The Kier molecular flexibility index (Phi) is 5.73. The molecule has 1 amide bonds. The number of nitrogens with zero attached hydrogens (tertiary/aromatic N) is 1. The smallest absolute Gasteiger partial charge is 0.223 e. The van der Waals surface area contributed by atoms with Gasteiger partial charge in [0.05, 0.1) is 0 Å². The van der Waals surface area contributed by atoms with Gasteiger partial charge in [0.25, 0.3) is 0 Å². The van der Waals surface area contributed by atoms with Crippen LogP contribution in [-0.4, -0.2) is 41.4 Å². The van der Waals surface area contributed by atoms with Gasteiger partial charge in [0.2, 0.25) is 5.91 Å². The highest BCUT2D eigenvalue weighted by Gasteiger charge is 2.22. The van der Waals surface area contributed by atoms with Crippen LogP contribution >= 0.6 is 11.8 Å². The van der Waals surface area contributed by atoms with E-state index in [2.05, 4.69) is 12.1 Å². The largest absolute Gasteiger partial charge is 0.396 e. The molecule has 1 atom stereocenters. The quantitative estimate of drug-likeness (QED) is 0.841. The Morgan fingerprint density at radius 2 is 2.16 bits per heavy atom. The minimum absolute atomic E-state index is 0.197. The van der Waals surface area contributed by atoms with E-state index in [9.17, 15) is 9.90 Å². The molecule has 0 saturated carbocycles. The molecule has 2 rings (SSSR count). The van der Waals surface area contributed by atoms with E-state index < -0.39 is 0 Å². The molecule has 0 aliphatic carbocycles. The van der Waals surface area contributed by atoms with E-state index in [-0.39, 0.29) is 18.4 Å². The Labute approximate surface area is 119 Å². The summed E-state index contributed by atoms with van der Waals surface area (Å²) in [4.78, 5) is 15.2. The first-order chi connectivity index (χ1) is 9.29. The van der Waals surface area contributed by atoms with E-state index in [1.165, 1.54) is 4.90 Å². The molecule has 1 aliphatic rings. The zero-order valence-corrected chi connectivity index (χ0v) is 11.9. The highest BCUT2D eigenvalue weighted by molar-refractivity contribution is 7.99. The van der Waals surface area contributed by atoms with E-state index in [1.807, 2.05) is 23.1 Å². The summed E-state index contributed by atoms with van der Waals surface area (Å²) in [6, 6.07) is 10.2. The van der Waals surface area contributed by atoms with Gasteiger partial charge in [-0.2, -0.15) is 0 Å². The van der Waals surface area contributed by atoms with Crippen molar-refractivity contribution in [3.05, 3.63) is 30.3 Å². The summed E-state index contributed by atoms with van der Waals surface area (Å²) in [6.07, 6.45) is 2.64. The van der Waals surface area contributed by atoms with Crippen molar-refractivity contribution in [3.8, 4) is 0 Å². The lowest BCUT2D eigenvalue weighted by molar-refractivity contribution is -0.132. The zero-order chi connectivity index (χ0) is 13.5. The molecule has 1 aliphatic heterocycles. The van der Waals surface area contributed by atoms with Crippen molar-refractivity contribution in [2.24, 2.45) is 5.92 Å². The predicted molar refractivity (Wildman–Crippen MR) is 78.2 cm³/mol. The average Bonchev–Trinajstić information content (AvgIpc) is 2.48. The molecule has 0 spiro atoms. The van der Waals surface area contributed by atoms with E-state index >= 15 is 0 Å². The second kappa shape index (κ2) is 7.56. The molecule has 1 heterocycles. The maximum atomic E-state index is 12.1. The molecule has 0 bridgehead atoms. The zero-order valence-electron chi connectivity index (χ0n) is 11.1. The first-order valence-electron chi connectivity index (χ1n) is 6.86. The third-order valence-electron chi connectivity index (χ3n) is 3.46. The molecular weight excluding hydrogens is 258 g/mol. The number of hydrogen-bond acceptors (Lipinski definition) is 3. The first-order valence-corrected chi connectivity index (χ1v) is 7.84. The molecular formula is C15H21NO2S. The van der Waals surface area contributed by atoms with Gasteiger partial charge in [0.1, 0.15) is 0 Å². The number of benzene rings is 1. The molecule has 0 radical (unpaired) electrons. The molecule has 4 heteroatoms. The van der Waals surface area contributed by atoms with Crippen LogP contribution in [0.5, 0.6) is 0 Å². The van der Waals surface area contributed by atoms with Crippen molar-refractivity contribution in [2.45, 2.75) is 24.2 Å². The molecule has 0 aromatic heterocycles. The minimum Gasteiger partial charge on any atom is -0.396 e. The number of aliphatic hydroxyl groups excluding tert-OH is 1.